The van der Waals surface area contributed by atoms with Crippen LogP contribution in [0.4, 0.5) is 4.79 Å². The molecule has 2 amide bonds. The average Bonchev–Trinajstić information content (AvgIpc) is 2.80. The Kier molecular flexibility index (Phi) is 2.87. The molecule has 1 aromatic heterocycles. The molecule has 0 saturated carbocycles. The molecule has 0 aliphatic carbocycles. The first-order valence-corrected chi connectivity index (χ1v) is 5.82. The van der Waals surface area contributed by atoms with Crippen LogP contribution in [-0.2, 0) is 0 Å². The highest BCUT2D eigenvalue weighted by atomic mass is 16.2. The number of nitrogens with zero attached hydrogens (tertiary/aromatic N) is 2. The van der Waals surface area contributed by atoms with Crippen LogP contribution in [0.1, 0.15) is 25.6 Å². The Hall–Kier alpha value is -1.49. The number of amides is 2. The maximum Gasteiger partial charge on any atom is 0.320 e. The van der Waals surface area contributed by atoms with E-state index in [1.54, 1.807) is 4.90 Å². The van der Waals surface area contributed by atoms with E-state index >= 15 is 0 Å². The van der Waals surface area contributed by atoms with E-state index in [2.05, 4.69) is 4.98 Å². The van der Waals surface area contributed by atoms with Gasteiger partial charge >= 0.3 is 6.03 Å². The van der Waals surface area contributed by atoms with Gasteiger partial charge in [0, 0.05) is 37.6 Å². The van der Waals surface area contributed by atoms with Gasteiger partial charge in [-0.2, -0.15) is 0 Å². The third-order valence-corrected chi connectivity index (χ3v) is 3.01. The molecule has 0 aromatic carbocycles. The first kappa shape index (κ1) is 12.0. The van der Waals surface area contributed by atoms with Gasteiger partial charge in [-0.05, 0) is 26.0 Å². The predicted molar refractivity (Wildman–Crippen MR) is 66.5 cm³/mol. The molecule has 1 atom stereocenters. The van der Waals surface area contributed by atoms with Crippen molar-refractivity contribution < 1.29 is 4.79 Å². The monoisotopic (exact) mass is 236 g/mol. The Morgan fingerprint density at radius 1 is 1.59 bits per heavy atom. The van der Waals surface area contributed by atoms with Crippen LogP contribution in [0.2, 0.25) is 0 Å². The minimum Gasteiger partial charge on any atom is -0.363 e. The molecule has 1 unspecified atom stereocenters. The molecule has 94 valence electrons. The Labute approximate surface area is 102 Å². The van der Waals surface area contributed by atoms with Crippen LogP contribution in [0.25, 0.3) is 0 Å². The normalized spacial score (nSPS) is 21.4. The van der Waals surface area contributed by atoms with E-state index in [1.807, 2.05) is 44.1 Å². The lowest BCUT2D eigenvalue weighted by molar-refractivity contribution is 0.188. The number of hydrogen-bond acceptors (Lipinski definition) is 2. The number of carbonyl (C=O) groups is 1. The number of H-pyrrole nitrogens is 1. The predicted octanol–water partition coefficient (Wildman–Crippen LogP) is 1.16. The summed E-state index contributed by atoms with van der Waals surface area (Å²) in [6.07, 6.45) is 1.88. The molecule has 5 nitrogen and oxygen atoms in total. The summed E-state index contributed by atoms with van der Waals surface area (Å²) in [7, 11) is 1.83. The number of aromatic nitrogens is 1. The molecule has 0 spiro atoms. The number of likely N-dealkylation sites (N-methyl/N-ethyl adjacent to an activating group) is 1. The fraction of sp³-hybridized carbons (Fsp3) is 0.583. The highest BCUT2D eigenvalue weighted by Gasteiger charge is 2.37. The largest absolute Gasteiger partial charge is 0.363 e. The first-order valence-electron chi connectivity index (χ1n) is 5.82. The topological polar surface area (TPSA) is 65.4 Å². The fourth-order valence-electron chi connectivity index (χ4n) is 2.25. The smallest absolute Gasteiger partial charge is 0.320 e. The van der Waals surface area contributed by atoms with E-state index in [9.17, 15) is 4.79 Å². The second-order valence-electron chi connectivity index (χ2n) is 5.40. The van der Waals surface area contributed by atoms with E-state index in [4.69, 9.17) is 5.73 Å². The van der Waals surface area contributed by atoms with Crippen molar-refractivity contribution in [3.63, 3.8) is 0 Å². The molecule has 17 heavy (non-hydrogen) atoms. The third-order valence-electron chi connectivity index (χ3n) is 3.01. The van der Waals surface area contributed by atoms with Gasteiger partial charge in [0.15, 0.2) is 0 Å². The van der Waals surface area contributed by atoms with Crippen LogP contribution < -0.4 is 5.73 Å². The number of urea groups is 1. The molecule has 2 heterocycles. The summed E-state index contributed by atoms with van der Waals surface area (Å²) in [6, 6.07) is 4.09. The molecule has 0 bridgehead atoms. The minimum absolute atomic E-state index is 0.0446. The molecular weight excluding hydrogens is 216 g/mol. The molecule has 5 heteroatoms. The molecule has 1 fully saturated rings. The Morgan fingerprint density at radius 3 is 2.82 bits per heavy atom. The fourth-order valence-corrected chi connectivity index (χ4v) is 2.25. The SMILES string of the molecule is CN1C(=O)N(CC(C)(C)N)CC1c1ccc[nH]1. The lowest BCUT2D eigenvalue weighted by Crippen LogP contribution is -2.46. The molecule has 1 aromatic rings. The maximum atomic E-state index is 12.1. The summed E-state index contributed by atoms with van der Waals surface area (Å²) >= 11 is 0. The van der Waals surface area contributed by atoms with Crippen molar-refractivity contribution in [3.05, 3.63) is 24.0 Å². The summed E-state index contributed by atoms with van der Waals surface area (Å²) in [5, 5.41) is 0. The molecule has 1 aliphatic rings. The van der Waals surface area contributed by atoms with Crippen LogP contribution in [0.5, 0.6) is 0 Å². The van der Waals surface area contributed by atoms with Crippen LogP contribution in [-0.4, -0.2) is 46.5 Å². The maximum absolute atomic E-state index is 12.1. The van der Waals surface area contributed by atoms with Gasteiger partial charge in [-0.15, -0.1) is 0 Å². The van der Waals surface area contributed by atoms with Gasteiger partial charge in [0.05, 0.1) is 6.04 Å². The quantitative estimate of drug-likeness (QED) is 0.827. The third kappa shape index (κ3) is 2.44. The number of carbonyl (C=O) groups excluding carboxylic acids is 1. The van der Waals surface area contributed by atoms with Crippen molar-refractivity contribution >= 4 is 6.03 Å². The van der Waals surface area contributed by atoms with E-state index in [0.29, 0.717) is 13.1 Å². The molecular formula is C12H20N4O. The minimum atomic E-state index is -0.360. The van der Waals surface area contributed by atoms with Gasteiger partial charge in [-0.1, -0.05) is 0 Å². The van der Waals surface area contributed by atoms with E-state index in [-0.39, 0.29) is 17.6 Å². The van der Waals surface area contributed by atoms with E-state index in [0.717, 1.165) is 5.69 Å². The highest BCUT2D eigenvalue weighted by Crippen LogP contribution is 2.27. The van der Waals surface area contributed by atoms with Gasteiger partial charge in [-0.3, -0.25) is 0 Å². The van der Waals surface area contributed by atoms with Crippen LogP contribution in [0.15, 0.2) is 18.3 Å². The molecule has 1 aliphatic heterocycles. The summed E-state index contributed by atoms with van der Waals surface area (Å²) < 4.78 is 0. The number of rotatable bonds is 3. The molecule has 2 rings (SSSR count). The zero-order chi connectivity index (χ0) is 12.6. The summed E-state index contributed by atoms with van der Waals surface area (Å²) in [5.74, 6) is 0. The Bertz CT molecular complexity index is 393. The van der Waals surface area contributed by atoms with Crippen LogP contribution in [0, 0.1) is 0 Å². The van der Waals surface area contributed by atoms with Crippen LogP contribution in [0.3, 0.4) is 0 Å². The van der Waals surface area contributed by atoms with Gasteiger partial charge in [0.2, 0.25) is 0 Å². The van der Waals surface area contributed by atoms with Gasteiger partial charge < -0.3 is 20.5 Å². The second kappa shape index (κ2) is 4.07. The van der Waals surface area contributed by atoms with Crippen molar-refractivity contribution in [1.82, 2.24) is 14.8 Å². The van der Waals surface area contributed by atoms with Crippen molar-refractivity contribution in [2.45, 2.75) is 25.4 Å². The number of nitrogens with two attached hydrogens (primary N) is 1. The van der Waals surface area contributed by atoms with Crippen molar-refractivity contribution in [3.8, 4) is 0 Å². The molecule has 0 radical (unpaired) electrons. The molecule has 3 N–H and O–H groups in total. The van der Waals surface area contributed by atoms with Gasteiger partial charge in [-0.25, -0.2) is 4.79 Å². The Morgan fingerprint density at radius 2 is 2.29 bits per heavy atom. The van der Waals surface area contributed by atoms with Crippen molar-refractivity contribution in [1.29, 1.82) is 0 Å². The summed E-state index contributed by atoms with van der Waals surface area (Å²) in [6.45, 7) is 5.13. The van der Waals surface area contributed by atoms with Crippen molar-refractivity contribution in [2.75, 3.05) is 20.1 Å². The summed E-state index contributed by atoms with van der Waals surface area (Å²) in [4.78, 5) is 18.8. The first-order chi connectivity index (χ1) is 7.88. The lowest BCUT2D eigenvalue weighted by atomic mass is 10.1. The number of aromatic amines is 1. The highest BCUT2D eigenvalue weighted by molar-refractivity contribution is 5.77. The zero-order valence-corrected chi connectivity index (χ0v) is 10.6. The lowest BCUT2D eigenvalue weighted by Gasteiger charge is -2.25. The van der Waals surface area contributed by atoms with Crippen LogP contribution >= 0.6 is 0 Å². The standard InChI is InChI=1S/C12H20N4O/c1-12(2,13)8-16-7-10(15(3)11(16)17)9-5-4-6-14-9/h4-6,10,14H,7-8,13H2,1-3H3. The van der Waals surface area contributed by atoms with E-state index < -0.39 is 0 Å². The zero-order valence-electron chi connectivity index (χ0n) is 10.6. The Balaban J connectivity index is 2.12. The average molecular weight is 236 g/mol. The van der Waals surface area contributed by atoms with E-state index in [1.165, 1.54) is 0 Å². The number of hydrogen-bond donors (Lipinski definition) is 2. The molecule has 1 saturated heterocycles. The van der Waals surface area contributed by atoms with Gasteiger partial charge in [0.25, 0.3) is 0 Å². The van der Waals surface area contributed by atoms with Crippen molar-refractivity contribution in [2.24, 2.45) is 5.73 Å². The van der Waals surface area contributed by atoms with Gasteiger partial charge in [0.1, 0.15) is 0 Å². The second-order valence-corrected chi connectivity index (χ2v) is 5.40. The number of nitrogens with one attached hydrogen (secondary N) is 1. The summed E-state index contributed by atoms with van der Waals surface area (Å²) in [5.41, 5.74) is 6.67.